The molecule has 10 aromatic carbocycles. The van der Waals surface area contributed by atoms with E-state index in [0.717, 1.165) is 44.9 Å². The minimum atomic E-state index is -3.26. The van der Waals surface area contributed by atoms with E-state index in [-0.39, 0.29) is 58.9 Å². The van der Waals surface area contributed by atoms with Gasteiger partial charge in [0.05, 0.1) is 0 Å². The van der Waals surface area contributed by atoms with Crippen molar-refractivity contribution in [3.05, 3.63) is 327 Å². The van der Waals surface area contributed by atoms with Gasteiger partial charge in [0.1, 0.15) is 8.07 Å². The summed E-state index contributed by atoms with van der Waals surface area (Å²) in [6.07, 6.45) is 6.24. The summed E-state index contributed by atoms with van der Waals surface area (Å²) in [5.41, 5.74) is 17.6. The fourth-order valence-electron chi connectivity index (χ4n) is 10.9. The van der Waals surface area contributed by atoms with E-state index in [1.165, 1.54) is 93.1 Å². The van der Waals surface area contributed by atoms with Crippen molar-refractivity contribution in [2.24, 2.45) is 0 Å². The number of halogens is 3. The first kappa shape index (κ1) is 57.4. The Balaban J connectivity index is 0.00000223. The van der Waals surface area contributed by atoms with Crippen molar-refractivity contribution >= 4 is 28.8 Å². The smallest absolute Gasteiger partial charge is 1.00 e. The first-order chi connectivity index (χ1) is 34.5. The Bertz CT molecular complexity index is 2760. The molecule has 0 aliphatic carbocycles. The summed E-state index contributed by atoms with van der Waals surface area (Å²) >= 11 is 0. The molecule has 0 saturated heterocycles. The molecule has 0 heterocycles. The minimum absolute atomic E-state index is 0. The zero-order chi connectivity index (χ0) is 47.5. The molecule has 368 valence electrons. The molecule has 0 amide bonds. The van der Waals surface area contributed by atoms with E-state index in [1.807, 2.05) is 0 Å². The molecular weight excluding hydrogens is 1010 g/mol. The van der Waals surface area contributed by atoms with Crippen LogP contribution in [0.25, 0.3) is 0 Å². The molecule has 0 aliphatic rings. The van der Waals surface area contributed by atoms with Crippen molar-refractivity contribution < 1.29 is 58.9 Å². The molecule has 0 bridgehead atoms. The average Bonchev–Trinajstić information content (AvgIpc) is 3.88. The van der Waals surface area contributed by atoms with Gasteiger partial charge in [-0.3, -0.25) is 0 Å². The minimum Gasteiger partial charge on any atom is -1.00 e. The first-order valence-electron chi connectivity index (χ1n) is 25.4. The number of rotatable bonds is 18. The molecule has 0 nitrogen and oxygen atoms in total. The van der Waals surface area contributed by atoms with Crippen molar-refractivity contribution in [1.29, 1.82) is 0 Å². The molecule has 74 heavy (non-hydrogen) atoms. The number of benzene rings is 9. The van der Waals surface area contributed by atoms with E-state index < -0.39 is 8.07 Å². The summed E-state index contributed by atoms with van der Waals surface area (Å²) in [5.74, 6) is 0.376. The molecule has 5 heteroatoms. The van der Waals surface area contributed by atoms with Crippen LogP contribution in [0.5, 0.6) is 0 Å². The first-order valence-corrected chi connectivity index (χ1v) is 27.4. The molecule has 0 spiro atoms. The van der Waals surface area contributed by atoms with Crippen LogP contribution in [0.3, 0.4) is 0 Å². The monoisotopic (exact) mass is 1070 g/mol. The maximum atomic E-state index is 2.64. The molecule has 0 saturated carbocycles. The van der Waals surface area contributed by atoms with E-state index in [4.69, 9.17) is 0 Å². The van der Waals surface area contributed by atoms with Crippen LogP contribution in [-0.4, -0.2) is 8.07 Å². The van der Waals surface area contributed by atoms with Gasteiger partial charge >= 0.3 is 21.7 Å². The Morgan fingerprint density at radius 3 is 0.757 bits per heavy atom. The number of hydrogen-bond acceptors (Lipinski definition) is 0. The Labute approximate surface area is 475 Å². The van der Waals surface area contributed by atoms with Crippen LogP contribution in [0.1, 0.15) is 98.5 Å². The standard InChI is InChI=1S/C69H63Si.3ClH.Ti/c1-3-52(2)68-35-22-36-69(68)70(65-46-59(37-53-23-10-4-11-24-53)43-60(47-65)38-54-25-12-5-13-26-54,66-48-61(39-55-27-14-6-15-28-55)44-62(49-66)40-56-29-16-7-17-30-56)67-50-63(41-57-31-18-8-19-32-57)45-64(51-67)42-58-33-20-9-21-34-58;;;;/h4-36,43-52H,3,37-42H2,1-2H3;3*1H;/q-1;;;;+4/p-3. The second-order valence-corrected chi connectivity index (χ2v) is 23.3. The normalized spacial score (nSPS) is 11.3. The Kier molecular flexibility index (Phi) is 21.4. The molecule has 0 fully saturated rings. The van der Waals surface area contributed by atoms with Gasteiger partial charge < -0.3 is 37.2 Å². The van der Waals surface area contributed by atoms with Crippen LogP contribution in [0.2, 0.25) is 0 Å². The summed E-state index contributed by atoms with van der Waals surface area (Å²) < 4.78 is 0. The van der Waals surface area contributed by atoms with Gasteiger partial charge in [0.15, 0.2) is 0 Å². The fraction of sp³-hybridized carbons (Fsp3) is 0.145. The molecular formula is C69H63Cl3SiTi. The second kappa shape index (κ2) is 27.6. The van der Waals surface area contributed by atoms with Crippen molar-refractivity contribution in [2.45, 2.75) is 64.7 Å². The van der Waals surface area contributed by atoms with Crippen molar-refractivity contribution in [1.82, 2.24) is 0 Å². The van der Waals surface area contributed by atoms with Crippen LogP contribution in [0.4, 0.5) is 0 Å². The van der Waals surface area contributed by atoms with Gasteiger partial charge in [-0.05, 0) is 111 Å². The quantitative estimate of drug-likeness (QED) is 0.0657. The zero-order valence-electron chi connectivity index (χ0n) is 42.4. The molecule has 0 aliphatic heterocycles. The molecule has 0 radical (unpaired) electrons. The van der Waals surface area contributed by atoms with Crippen molar-refractivity contribution in [2.75, 3.05) is 0 Å². The number of hydrogen-bond donors (Lipinski definition) is 0. The van der Waals surface area contributed by atoms with E-state index in [0.29, 0.717) is 5.92 Å². The maximum absolute atomic E-state index is 3.26. The van der Waals surface area contributed by atoms with E-state index in [9.17, 15) is 0 Å². The van der Waals surface area contributed by atoms with Crippen LogP contribution >= 0.6 is 0 Å². The van der Waals surface area contributed by atoms with Gasteiger partial charge in [0, 0.05) is 0 Å². The summed E-state index contributed by atoms with van der Waals surface area (Å²) in [6.45, 7) is 4.81. The Morgan fingerprint density at radius 1 is 0.311 bits per heavy atom. The SMILES string of the molecule is CCC(C)c1ccc[c-]1[Si](c1cc(Cc2ccccc2)cc(Cc2ccccc2)c1)(c1cc(Cc2ccccc2)cc(Cc2ccccc2)c1)c1cc(Cc2ccccc2)cc(Cc2ccccc2)c1.[Cl-].[Cl-].[Cl-].[Ti+4]. The van der Waals surface area contributed by atoms with E-state index >= 15 is 0 Å². The van der Waals surface area contributed by atoms with Crippen LogP contribution in [0, 0.1) is 0 Å². The Morgan fingerprint density at radius 2 is 0.541 bits per heavy atom. The summed E-state index contributed by atoms with van der Waals surface area (Å²) in [7, 11) is -3.26. The van der Waals surface area contributed by atoms with Gasteiger partial charge in [0.25, 0.3) is 0 Å². The predicted octanol–water partition coefficient (Wildman–Crippen LogP) is 4.85. The van der Waals surface area contributed by atoms with Crippen molar-refractivity contribution in [3.63, 3.8) is 0 Å². The second-order valence-electron chi connectivity index (χ2n) is 19.5. The van der Waals surface area contributed by atoms with E-state index in [2.05, 4.69) is 269 Å². The fourth-order valence-corrected chi connectivity index (χ4v) is 16.4. The van der Waals surface area contributed by atoms with Gasteiger partial charge in [0.2, 0.25) is 0 Å². The molecule has 0 aromatic heterocycles. The average molecular weight is 1070 g/mol. The molecule has 10 aromatic rings. The van der Waals surface area contributed by atoms with Crippen molar-refractivity contribution in [3.8, 4) is 0 Å². The molecule has 10 rings (SSSR count). The van der Waals surface area contributed by atoms with E-state index in [1.54, 1.807) is 0 Å². The largest absolute Gasteiger partial charge is 4.00 e. The van der Waals surface area contributed by atoms with Crippen LogP contribution < -0.4 is 58.0 Å². The topological polar surface area (TPSA) is 0 Å². The molecule has 0 N–H and O–H groups in total. The van der Waals surface area contributed by atoms with Gasteiger partial charge in [-0.1, -0.05) is 272 Å². The summed E-state index contributed by atoms with van der Waals surface area (Å²) in [6, 6.07) is 97.2. The third-order valence-corrected chi connectivity index (χ3v) is 19.1. The third kappa shape index (κ3) is 13.9. The van der Waals surface area contributed by atoms with Crippen LogP contribution in [-0.2, 0) is 60.2 Å². The molecule has 1 atom stereocenters. The maximum Gasteiger partial charge on any atom is 4.00 e. The van der Waals surface area contributed by atoms with Gasteiger partial charge in [-0.2, -0.15) is 11.6 Å². The van der Waals surface area contributed by atoms with Gasteiger partial charge in [-0.25, -0.2) is 12.1 Å². The molecule has 1 unspecified atom stereocenters. The third-order valence-electron chi connectivity index (χ3n) is 14.4. The summed E-state index contributed by atoms with van der Waals surface area (Å²) in [5, 5.41) is 5.86. The predicted molar refractivity (Wildman–Crippen MR) is 300 cm³/mol. The Hall–Kier alpha value is -5.87. The summed E-state index contributed by atoms with van der Waals surface area (Å²) in [4.78, 5) is 0. The van der Waals surface area contributed by atoms with Gasteiger partial charge in [-0.15, -0.1) is 5.19 Å². The van der Waals surface area contributed by atoms with Crippen LogP contribution in [0.15, 0.2) is 255 Å². The zero-order valence-corrected chi connectivity index (χ0v) is 47.2.